The molecule has 1 aromatic heterocycles. The van der Waals surface area contributed by atoms with Crippen LogP contribution >= 0.6 is 22.9 Å². The predicted molar refractivity (Wildman–Crippen MR) is 86.4 cm³/mol. The van der Waals surface area contributed by atoms with Crippen molar-refractivity contribution in [2.24, 2.45) is 0 Å². The molecule has 21 heavy (non-hydrogen) atoms. The number of thiophene rings is 1. The molecule has 3 nitrogen and oxygen atoms in total. The smallest absolute Gasteiger partial charge is 0.207 e. The maximum absolute atomic E-state index is 12.9. The van der Waals surface area contributed by atoms with Gasteiger partial charge in [-0.05, 0) is 54.1 Å². The van der Waals surface area contributed by atoms with Gasteiger partial charge < -0.3 is 0 Å². The lowest BCUT2D eigenvalue weighted by Gasteiger charge is -2.34. The van der Waals surface area contributed by atoms with Gasteiger partial charge in [-0.2, -0.15) is 4.31 Å². The van der Waals surface area contributed by atoms with Crippen molar-refractivity contribution in [3.05, 3.63) is 51.2 Å². The van der Waals surface area contributed by atoms with Gasteiger partial charge in [-0.3, -0.25) is 0 Å². The summed E-state index contributed by atoms with van der Waals surface area (Å²) in [5.41, 5.74) is 1.16. The van der Waals surface area contributed by atoms with Crippen LogP contribution in [0.25, 0.3) is 0 Å². The topological polar surface area (TPSA) is 37.4 Å². The van der Waals surface area contributed by atoms with Crippen LogP contribution in [-0.4, -0.2) is 19.3 Å². The quantitative estimate of drug-likeness (QED) is 0.842. The van der Waals surface area contributed by atoms with Crippen LogP contribution in [0.1, 0.15) is 29.8 Å². The largest absolute Gasteiger partial charge is 0.243 e. The molecule has 0 fully saturated rings. The fraction of sp³-hybridized carbons (Fsp3) is 0.333. The Balaban J connectivity index is 2.01. The van der Waals surface area contributed by atoms with E-state index in [9.17, 15) is 8.42 Å². The number of fused-ring (bicyclic) bond motifs is 1. The van der Waals surface area contributed by atoms with Gasteiger partial charge in [-0.1, -0.05) is 18.5 Å². The van der Waals surface area contributed by atoms with Crippen LogP contribution in [0.3, 0.4) is 0 Å². The van der Waals surface area contributed by atoms with Gasteiger partial charge in [0.05, 0.1) is 10.9 Å². The molecule has 1 aliphatic rings. The summed E-state index contributed by atoms with van der Waals surface area (Å²) in [5.74, 6) is 0. The second-order valence-electron chi connectivity index (χ2n) is 5.04. The Kier molecular flexibility index (Phi) is 4.10. The van der Waals surface area contributed by atoms with Crippen molar-refractivity contribution < 1.29 is 8.42 Å². The van der Waals surface area contributed by atoms with Crippen LogP contribution in [-0.2, 0) is 16.4 Å². The van der Waals surface area contributed by atoms with E-state index in [1.807, 2.05) is 12.3 Å². The van der Waals surface area contributed by atoms with Crippen molar-refractivity contribution in [2.45, 2.75) is 30.7 Å². The Morgan fingerprint density at radius 2 is 2.00 bits per heavy atom. The molecule has 2 aromatic rings. The van der Waals surface area contributed by atoms with Crippen LogP contribution in [0.15, 0.2) is 40.6 Å². The first-order chi connectivity index (χ1) is 10.0. The number of halogens is 1. The second kappa shape index (κ2) is 5.72. The first-order valence-corrected chi connectivity index (χ1v) is 9.57. The van der Waals surface area contributed by atoms with Gasteiger partial charge >= 0.3 is 0 Å². The average molecular weight is 342 g/mol. The molecule has 1 aliphatic heterocycles. The lowest BCUT2D eigenvalue weighted by atomic mass is 10.0. The van der Waals surface area contributed by atoms with E-state index in [1.54, 1.807) is 39.9 Å². The van der Waals surface area contributed by atoms with E-state index in [1.165, 1.54) is 4.88 Å². The maximum atomic E-state index is 12.9. The Hall–Kier alpha value is -0.880. The second-order valence-corrected chi connectivity index (χ2v) is 8.37. The summed E-state index contributed by atoms with van der Waals surface area (Å²) in [6.45, 7) is 2.57. The number of benzene rings is 1. The van der Waals surface area contributed by atoms with Crippen molar-refractivity contribution in [2.75, 3.05) is 6.54 Å². The third-order valence-corrected chi connectivity index (χ3v) is 7.02. The van der Waals surface area contributed by atoms with Gasteiger partial charge in [-0.15, -0.1) is 11.3 Å². The zero-order valence-corrected chi connectivity index (χ0v) is 14.0. The normalized spacial score (nSPS) is 19.4. The molecule has 2 heterocycles. The van der Waals surface area contributed by atoms with Crippen molar-refractivity contribution in [3.8, 4) is 0 Å². The molecule has 1 unspecified atom stereocenters. The van der Waals surface area contributed by atoms with Crippen LogP contribution in [0.4, 0.5) is 0 Å². The Bertz CT molecular complexity index is 737. The Labute approximate surface area is 134 Å². The fourth-order valence-corrected chi connectivity index (χ4v) is 5.56. The maximum Gasteiger partial charge on any atom is 0.243 e. The number of hydrogen-bond donors (Lipinski definition) is 0. The molecule has 1 aromatic carbocycles. The molecular formula is C15H16ClNO2S2. The van der Waals surface area contributed by atoms with Gasteiger partial charge in [0.25, 0.3) is 0 Å². The van der Waals surface area contributed by atoms with Crippen LogP contribution in [0.5, 0.6) is 0 Å². The summed E-state index contributed by atoms with van der Waals surface area (Å²) in [7, 11) is -3.48. The molecule has 1 atom stereocenters. The highest BCUT2D eigenvalue weighted by molar-refractivity contribution is 7.89. The van der Waals surface area contributed by atoms with E-state index in [0.717, 1.165) is 18.4 Å². The number of sulfonamides is 1. The average Bonchev–Trinajstić information content (AvgIpc) is 2.95. The molecule has 0 N–H and O–H groups in total. The third-order valence-electron chi connectivity index (χ3n) is 3.85. The zero-order valence-electron chi connectivity index (χ0n) is 11.6. The molecule has 0 saturated heterocycles. The van der Waals surface area contributed by atoms with Crippen molar-refractivity contribution in [3.63, 3.8) is 0 Å². The van der Waals surface area contributed by atoms with Gasteiger partial charge in [0.1, 0.15) is 0 Å². The molecule has 112 valence electrons. The van der Waals surface area contributed by atoms with Crippen LogP contribution in [0.2, 0.25) is 5.02 Å². The minimum Gasteiger partial charge on any atom is -0.207 e. The van der Waals surface area contributed by atoms with E-state index in [4.69, 9.17) is 11.6 Å². The highest BCUT2D eigenvalue weighted by Gasteiger charge is 2.35. The minimum atomic E-state index is -3.48. The summed E-state index contributed by atoms with van der Waals surface area (Å²) < 4.78 is 27.4. The molecular weight excluding hydrogens is 326 g/mol. The zero-order chi connectivity index (χ0) is 15.0. The predicted octanol–water partition coefficient (Wildman–Crippen LogP) is 4.10. The van der Waals surface area contributed by atoms with E-state index < -0.39 is 10.0 Å². The highest BCUT2D eigenvalue weighted by Crippen LogP contribution is 2.38. The van der Waals surface area contributed by atoms with Gasteiger partial charge in [0.2, 0.25) is 10.0 Å². The number of rotatable bonds is 3. The molecule has 3 rings (SSSR count). The van der Waals surface area contributed by atoms with Gasteiger partial charge in [0.15, 0.2) is 0 Å². The SMILES string of the molecule is CCC1c2ccsc2CCN1S(=O)(=O)c1ccc(Cl)cc1. The first kappa shape index (κ1) is 15.0. The molecule has 0 spiro atoms. The Morgan fingerprint density at radius 1 is 1.29 bits per heavy atom. The number of hydrogen-bond acceptors (Lipinski definition) is 3. The molecule has 0 aliphatic carbocycles. The summed E-state index contributed by atoms with van der Waals surface area (Å²) in [6, 6.07) is 8.38. The Morgan fingerprint density at radius 3 is 2.67 bits per heavy atom. The molecule has 6 heteroatoms. The standard InChI is InChI=1S/C15H16ClNO2S2/c1-2-14-13-8-10-20-15(13)7-9-17(14)21(18,19)12-5-3-11(16)4-6-12/h3-6,8,10,14H,2,7,9H2,1H3. The lowest BCUT2D eigenvalue weighted by Crippen LogP contribution is -2.39. The van der Waals surface area contributed by atoms with E-state index in [0.29, 0.717) is 16.5 Å². The van der Waals surface area contributed by atoms with Gasteiger partial charge in [-0.25, -0.2) is 8.42 Å². The summed E-state index contributed by atoms with van der Waals surface area (Å²) in [5, 5.41) is 2.59. The number of nitrogens with zero attached hydrogens (tertiary/aromatic N) is 1. The minimum absolute atomic E-state index is 0.0688. The first-order valence-electron chi connectivity index (χ1n) is 6.87. The monoisotopic (exact) mass is 341 g/mol. The lowest BCUT2D eigenvalue weighted by molar-refractivity contribution is 0.303. The summed E-state index contributed by atoms with van der Waals surface area (Å²) in [6.07, 6.45) is 1.56. The molecule has 0 bridgehead atoms. The highest BCUT2D eigenvalue weighted by atomic mass is 35.5. The third kappa shape index (κ3) is 2.63. The van der Waals surface area contributed by atoms with E-state index >= 15 is 0 Å². The van der Waals surface area contributed by atoms with Gasteiger partial charge in [0, 0.05) is 16.4 Å². The molecule has 0 radical (unpaired) electrons. The van der Waals surface area contributed by atoms with E-state index in [2.05, 4.69) is 6.07 Å². The van der Waals surface area contributed by atoms with Crippen LogP contribution in [0, 0.1) is 0 Å². The van der Waals surface area contributed by atoms with Crippen molar-refractivity contribution in [1.29, 1.82) is 0 Å². The summed E-state index contributed by atoms with van der Waals surface area (Å²) >= 11 is 7.56. The van der Waals surface area contributed by atoms with E-state index in [-0.39, 0.29) is 6.04 Å². The van der Waals surface area contributed by atoms with Crippen LogP contribution < -0.4 is 0 Å². The molecule has 0 amide bonds. The van der Waals surface area contributed by atoms with Crippen molar-refractivity contribution >= 4 is 33.0 Å². The fourth-order valence-electron chi connectivity index (χ4n) is 2.83. The molecule has 0 saturated carbocycles. The summed E-state index contributed by atoms with van der Waals surface area (Å²) in [4.78, 5) is 1.62. The van der Waals surface area contributed by atoms with Crippen molar-refractivity contribution in [1.82, 2.24) is 4.31 Å².